The minimum Gasteiger partial charge on any atom is -0.303 e. The third-order valence-electron chi connectivity index (χ3n) is 4.13. The van der Waals surface area contributed by atoms with E-state index >= 15 is 0 Å². The van der Waals surface area contributed by atoms with E-state index in [0.29, 0.717) is 5.41 Å². The maximum absolute atomic E-state index is 2.60. The molecule has 0 aromatic rings. The predicted octanol–water partition coefficient (Wildman–Crippen LogP) is 2.91. The zero-order valence-electron chi connectivity index (χ0n) is 9.34. The minimum absolute atomic E-state index is 0.624. The largest absolute Gasteiger partial charge is 0.303 e. The summed E-state index contributed by atoms with van der Waals surface area (Å²) < 4.78 is 0. The molecule has 0 aromatic carbocycles. The molecule has 1 saturated carbocycles. The molecular weight excluding hydrogens is 158 g/mol. The summed E-state index contributed by atoms with van der Waals surface area (Å²) in [4.78, 5) is 2.60. The summed E-state index contributed by atoms with van der Waals surface area (Å²) in [6, 6.07) is 0.918. The SMILES string of the molecule is CN1CCCC2CC(C)(C)CCC21. The summed E-state index contributed by atoms with van der Waals surface area (Å²) in [7, 11) is 2.31. The maximum Gasteiger partial charge on any atom is 0.0121 e. The van der Waals surface area contributed by atoms with Gasteiger partial charge in [0, 0.05) is 6.04 Å². The molecule has 0 N–H and O–H groups in total. The van der Waals surface area contributed by atoms with E-state index in [9.17, 15) is 0 Å². The second-order valence-electron chi connectivity index (χ2n) is 5.86. The zero-order valence-corrected chi connectivity index (χ0v) is 9.34. The van der Waals surface area contributed by atoms with Gasteiger partial charge in [-0.25, -0.2) is 0 Å². The first-order valence-corrected chi connectivity index (χ1v) is 5.79. The van der Waals surface area contributed by atoms with Gasteiger partial charge in [0.05, 0.1) is 0 Å². The summed E-state index contributed by atoms with van der Waals surface area (Å²) in [5, 5.41) is 0. The molecule has 1 nitrogen and oxygen atoms in total. The molecule has 2 aliphatic rings. The number of rotatable bonds is 0. The number of hydrogen-bond acceptors (Lipinski definition) is 1. The van der Waals surface area contributed by atoms with Crippen molar-refractivity contribution in [1.82, 2.24) is 4.90 Å². The van der Waals surface area contributed by atoms with E-state index in [4.69, 9.17) is 0 Å². The van der Waals surface area contributed by atoms with Gasteiger partial charge in [0.25, 0.3) is 0 Å². The van der Waals surface area contributed by atoms with E-state index < -0.39 is 0 Å². The number of hydrogen-bond donors (Lipinski definition) is 0. The van der Waals surface area contributed by atoms with E-state index in [2.05, 4.69) is 25.8 Å². The Kier molecular flexibility index (Phi) is 2.39. The van der Waals surface area contributed by atoms with Crippen LogP contribution < -0.4 is 0 Å². The Morgan fingerprint density at radius 1 is 1.23 bits per heavy atom. The Balaban J connectivity index is 2.04. The van der Waals surface area contributed by atoms with Crippen molar-refractivity contribution in [2.45, 2.75) is 52.0 Å². The molecular formula is C12H23N. The Morgan fingerprint density at radius 2 is 2.00 bits per heavy atom. The van der Waals surface area contributed by atoms with Crippen LogP contribution >= 0.6 is 0 Å². The molecule has 76 valence electrons. The van der Waals surface area contributed by atoms with E-state index in [-0.39, 0.29) is 0 Å². The summed E-state index contributed by atoms with van der Waals surface area (Å²) in [6.07, 6.45) is 7.24. The number of fused-ring (bicyclic) bond motifs is 1. The second-order valence-corrected chi connectivity index (χ2v) is 5.86. The highest BCUT2D eigenvalue weighted by molar-refractivity contribution is 4.91. The fourth-order valence-electron chi connectivity index (χ4n) is 3.37. The van der Waals surface area contributed by atoms with Crippen LogP contribution in [0.5, 0.6) is 0 Å². The molecule has 2 rings (SSSR count). The van der Waals surface area contributed by atoms with Crippen molar-refractivity contribution in [3.8, 4) is 0 Å². The third-order valence-corrected chi connectivity index (χ3v) is 4.13. The van der Waals surface area contributed by atoms with Crippen LogP contribution in [0.3, 0.4) is 0 Å². The first kappa shape index (κ1) is 9.51. The number of nitrogens with zero attached hydrogens (tertiary/aromatic N) is 1. The fourth-order valence-corrected chi connectivity index (χ4v) is 3.37. The molecule has 0 amide bonds. The van der Waals surface area contributed by atoms with Crippen molar-refractivity contribution in [3.05, 3.63) is 0 Å². The fraction of sp³-hybridized carbons (Fsp3) is 1.00. The second kappa shape index (κ2) is 3.27. The van der Waals surface area contributed by atoms with Crippen molar-refractivity contribution in [1.29, 1.82) is 0 Å². The van der Waals surface area contributed by atoms with Gasteiger partial charge in [0.2, 0.25) is 0 Å². The van der Waals surface area contributed by atoms with Crippen molar-refractivity contribution in [2.75, 3.05) is 13.6 Å². The van der Waals surface area contributed by atoms with Crippen molar-refractivity contribution < 1.29 is 0 Å². The molecule has 1 heteroatoms. The van der Waals surface area contributed by atoms with Crippen LogP contribution in [0.25, 0.3) is 0 Å². The monoisotopic (exact) mass is 181 g/mol. The van der Waals surface area contributed by atoms with Gasteiger partial charge in [-0.3, -0.25) is 0 Å². The van der Waals surface area contributed by atoms with Crippen molar-refractivity contribution >= 4 is 0 Å². The Hall–Kier alpha value is -0.0400. The highest BCUT2D eigenvalue weighted by atomic mass is 15.1. The molecule has 0 aromatic heterocycles. The van der Waals surface area contributed by atoms with Gasteiger partial charge in [-0.15, -0.1) is 0 Å². The van der Waals surface area contributed by atoms with Crippen LogP contribution in [0.2, 0.25) is 0 Å². The lowest BCUT2D eigenvalue weighted by molar-refractivity contribution is 0.0339. The highest BCUT2D eigenvalue weighted by Crippen LogP contribution is 2.43. The lowest BCUT2D eigenvalue weighted by Gasteiger charge is -2.47. The zero-order chi connectivity index (χ0) is 9.47. The predicted molar refractivity (Wildman–Crippen MR) is 56.8 cm³/mol. The summed E-state index contributed by atoms with van der Waals surface area (Å²) in [5.41, 5.74) is 0.624. The summed E-state index contributed by atoms with van der Waals surface area (Å²) in [5.74, 6) is 1.00. The van der Waals surface area contributed by atoms with E-state index in [1.54, 1.807) is 0 Å². The normalized spacial score (nSPS) is 39.9. The first-order chi connectivity index (χ1) is 6.08. The molecule has 0 bridgehead atoms. The average molecular weight is 181 g/mol. The van der Waals surface area contributed by atoms with Gasteiger partial charge < -0.3 is 4.90 Å². The van der Waals surface area contributed by atoms with Gasteiger partial charge >= 0.3 is 0 Å². The number of piperidine rings is 1. The number of likely N-dealkylation sites (tertiary alicyclic amines) is 1. The van der Waals surface area contributed by atoms with Crippen LogP contribution in [-0.4, -0.2) is 24.5 Å². The van der Waals surface area contributed by atoms with Crippen LogP contribution in [0.15, 0.2) is 0 Å². The van der Waals surface area contributed by atoms with Gasteiger partial charge in [0.1, 0.15) is 0 Å². The molecule has 1 aliphatic carbocycles. The van der Waals surface area contributed by atoms with Gasteiger partial charge in [-0.1, -0.05) is 13.8 Å². The average Bonchev–Trinajstić information content (AvgIpc) is 2.02. The molecule has 1 aliphatic heterocycles. The van der Waals surface area contributed by atoms with Gasteiger partial charge in [-0.05, 0) is 57.0 Å². The molecule has 1 heterocycles. The third kappa shape index (κ3) is 1.90. The minimum atomic E-state index is 0.624. The van der Waals surface area contributed by atoms with Gasteiger partial charge in [0.15, 0.2) is 0 Å². The molecule has 0 spiro atoms. The first-order valence-electron chi connectivity index (χ1n) is 5.79. The van der Waals surface area contributed by atoms with Crippen LogP contribution in [0.1, 0.15) is 46.0 Å². The molecule has 2 atom stereocenters. The topological polar surface area (TPSA) is 3.24 Å². The van der Waals surface area contributed by atoms with E-state index in [0.717, 1.165) is 12.0 Å². The smallest absolute Gasteiger partial charge is 0.0121 e. The van der Waals surface area contributed by atoms with E-state index in [1.165, 1.54) is 38.6 Å². The Bertz CT molecular complexity index is 186. The molecule has 0 radical (unpaired) electrons. The van der Waals surface area contributed by atoms with Crippen LogP contribution in [-0.2, 0) is 0 Å². The molecule has 13 heavy (non-hydrogen) atoms. The lowest BCUT2D eigenvalue weighted by atomic mass is 9.67. The highest BCUT2D eigenvalue weighted by Gasteiger charge is 2.38. The molecule has 2 unspecified atom stereocenters. The molecule has 1 saturated heterocycles. The van der Waals surface area contributed by atoms with Gasteiger partial charge in [-0.2, -0.15) is 0 Å². The van der Waals surface area contributed by atoms with Crippen LogP contribution in [0.4, 0.5) is 0 Å². The lowest BCUT2D eigenvalue weighted by Crippen LogP contribution is -2.47. The summed E-state index contributed by atoms with van der Waals surface area (Å²) in [6.45, 7) is 6.22. The van der Waals surface area contributed by atoms with Crippen LogP contribution in [0, 0.1) is 11.3 Å². The van der Waals surface area contributed by atoms with E-state index in [1.807, 2.05) is 0 Å². The standard InChI is InChI=1S/C12H23N/c1-12(2)7-6-11-10(9-12)5-4-8-13(11)3/h10-11H,4-9H2,1-3H3. The summed E-state index contributed by atoms with van der Waals surface area (Å²) >= 11 is 0. The quantitative estimate of drug-likeness (QED) is 0.555. The van der Waals surface area contributed by atoms with Crippen molar-refractivity contribution in [2.24, 2.45) is 11.3 Å². The Morgan fingerprint density at radius 3 is 2.77 bits per heavy atom. The molecule has 2 fully saturated rings. The maximum atomic E-state index is 2.60. The Labute approximate surface area is 82.5 Å². The van der Waals surface area contributed by atoms with Crippen molar-refractivity contribution in [3.63, 3.8) is 0 Å².